The molecular formula is C25H35N7O2. The Hall–Kier alpha value is -2.99. The van der Waals surface area contributed by atoms with Gasteiger partial charge >= 0.3 is 0 Å². The van der Waals surface area contributed by atoms with E-state index in [-0.39, 0.29) is 35.5 Å². The van der Waals surface area contributed by atoms with Crippen LogP contribution in [0.4, 0.5) is 0 Å². The van der Waals surface area contributed by atoms with E-state index < -0.39 is 0 Å². The van der Waals surface area contributed by atoms with E-state index >= 15 is 0 Å². The molecule has 1 aromatic heterocycles. The lowest BCUT2D eigenvalue weighted by atomic mass is 9.98. The lowest BCUT2D eigenvalue weighted by Gasteiger charge is -2.24. The van der Waals surface area contributed by atoms with Gasteiger partial charge in [0.25, 0.3) is 0 Å². The topological polar surface area (TPSA) is 109 Å². The van der Waals surface area contributed by atoms with E-state index in [2.05, 4.69) is 67.6 Å². The molecule has 0 radical (unpaired) electrons. The Labute approximate surface area is 201 Å². The molecule has 2 aliphatic heterocycles. The van der Waals surface area contributed by atoms with Crippen LogP contribution in [-0.4, -0.2) is 62.3 Å². The fourth-order valence-corrected chi connectivity index (χ4v) is 4.79. The smallest absolute Gasteiger partial charge is 0.240 e. The molecule has 182 valence electrons. The van der Waals surface area contributed by atoms with Crippen molar-refractivity contribution >= 4 is 5.91 Å². The van der Waals surface area contributed by atoms with Gasteiger partial charge in [0.1, 0.15) is 18.4 Å². The average molecular weight is 466 g/mol. The number of ether oxygens (including phenoxy) is 1. The molecule has 0 bridgehead atoms. The maximum atomic E-state index is 12.9. The third kappa shape index (κ3) is 4.92. The van der Waals surface area contributed by atoms with E-state index in [4.69, 9.17) is 4.74 Å². The van der Waals surface area contributed by atoms with E-state index in [1.807, 2.05) is 16.8 Å². The largest absolute Gasteiger partial charge is 0.492 e. The molecule has 1 aromatic carbocycles. The molecule has 2 aliphatic rings. The van der Waals surface area contributed by atoms with Crippen LogP contribution in [0.15, 0.2) is 18.2 Å². The van der Waals surface area contributed by atoms with Gasteiger partial charge in [0.15, 0.2) is 5.82 Å². The molecule has 2 aromatic rings. The summed E-state index contributed by atoms with van der Waals surface area (Å²) in [5.41, 5.74) is 1.83. The highest BCUT2D eigenvalue weighted by molar-refractivity contribution is 5.83. The number of tetrazole rings is 1. The second-order valence-corrected chi connectivity index (χ2v) is 10.6. The summed E-state index contributed by atoms with van der Waals surface area (Å²) in [6, 6.07) is 7.95. The van der Waals surface area contributed by atoms with Crippen LogP contribution >= 0.6 is 0 Å². The number of nitriles is 1. The molecule has 9 nitrogen and oxygen atoms in total. The van der Waals surface area contributed by atoms with Crippen molar-refractivity contribution in [2.24, 2.45) is 0 Å². The monoisotopic (exact) mass is 465 g/mol. The standard InChI is InChI=1S/C25H35N7O2/c1-16(2)20-13-17(23-28-29-30-32(23)25(3,4)5)8-11-22(20)34-15-18-9-10-21(27-18)24(33)31-12-6-7-19(31)14-26/h8,11,13,16,18-19,21,27H,6-7,9-10,12,15H2,1-5H3/t18-,19+,21+/m1/s1. The highest BCUT2D eigenvalue weighted by Crippen LogP contribution is 2.32. The van der Waals surface area contributed by atoms with Crippen molar-refractivity contribution in [2.45, 2.75) is 89.9 Å². The molecule has 1 N–H and O–H groups in total. The zero-order chi connectivity index (χ0) is 24.5. The molecule has 3 heterocycles. The van der Waals surface area contributed by atoms with Crippen LogP contribution < -0.4 is 10.1 Å². The van der Waals surface area contributed by atoms with Gasteiger partial charge in [0, 0.05) is 18.2 Å². The number of amides is 1. The quantitative estimate of drug-likeness (QED) is 0.697. The summed E-state index contributed by atoms with van der Waals surface area (Å²) in [5.74, 6) is 1.89. The number of rotatable bonds is 6. The molecule has 4 rings (SSSR count). The van der Waals surface area contributed by atoms with Gasteiger partial charge in [-0.05, 0) is 86.6 Å². The van der Waals surface area contributed by atoms with Crippen LogP contribution in [0.5, 0.6) is 5.75 Å². The van der Waals surface area contributed by atoms with Crippen molar-refractivity contribution in [3.05, 3.63) is 23.8 Å². The second kappa shape index (κ2) is 9.71. The van der Waals surface area contributed by atoms with Crippen LogP contribution in [-0.2, 0) is 10.3 Å². The van der Waals surface area contributed by atoms with Gasteiger partial charge in [0.05, 0.1) is 17.6 Å². The number of aromatic nitrogens is 4. The van der Waals surface area contributed by atoms with Gasteiger partial charge in [-0.3, -0.25) is 10.1 Å². The first-order valence-corrected chi connectivity index (χ1v) is 12.2. The maximum absolute atomic E-state index is 12.9. The molecule has 1 amide bonds. The summed E-state index contributed by atoms with van der Waals surface area (Å²) in [7, 11) is 0. The minimum absolute atomic E-state index is 0.0512. The van der Waals surface area contributed by atoms with Crippen LogP contribution in [0.3, 0.4) is 0 Å². The summed E-state index contributed by atoms with van der Waals surface area (Å²) >= 11 is 0. The van der Waals surface area contributed by atoms with Gasteiger partial charge in [-0.1, -0.05) is 13.8 Å². The Bertz CT molecular complexity index is 1070. The van der Waals surface area contributed by atoms with Crippen LogP contribution in [0, 0.1) is 11.3 Å². The third-order valence-electron chi connectivity index (χ3n) is 6.66. The molecular weight excluding hydrogens is 430 g/mol. The van der Waals surface area contributed by atoms with E-state index in [1.165, 1.54) is 0 Å². The molecule has 2 fully saturated rings. The van der Waals surface area contributed by atoms with Gasteiger partial charge < -0.3 is 9.64 Å². The number of carbonyl (C=O) groups excluding carboxylic acids is 1. The van der Waals surface area contributed by atoms with Crippen molar-refractivity contribution < 1.29 is 9.53 Å². The highest BCUT2D eigenvalue weighted by Gasteiger charge is 2.37. The summed E-state index contributed by atoms with van der Waals surface area (Å²) in [4.78, 5) is 14.6. The van der Waals surface area contributed by atoms with Crippen molar-refractivity contribution in [2.75, 3.05) is 13.2 Å². The first kappa shape index (κ1) is 24.1. The Morgan fingerprint density at radius 2 is 2.09 bits per heavy atom. The van der Waals surface area contributed by atoms with Crippen molar-refractivity contribution in [1.82, 2.24) is 30.4 Å². The zero-order valence-electron chi connectivity index (χ0n) is 20.8. The Morgan fingerprint density at radius 1 is 1.29 bits per heavy atom. The Balaban J connectivity index is 1.42. The van der Waals surface area contributed by atoms with Gasteiger partial charge in [-0.25, -0.2) is 4.68 Å². The van der Waals surface area contributed by atoms with E-state index in [1.54, 1.807) is 4.90 Å². The maximum Gasteiger partial charge on any atom is 0.240 e. The molecule has 0 saturated carbocycles. The summed E-state index contributed by atoms with van der Waals surface area (Å²) in [5, 5.41) is 25.1. The number of hydrogen-bond donors (Lipinski definition) is 1. The normalized spacial score (nSPS) is 22.9. The lowest BCUT2D eigenvalue weighted by Crippen LogP contribution is -2.47. The summed E-state index contributed by atoms with van der Waals surface area (Å²) in [6.45, 7) is 11.7. The summed E-state index contributed by atoms with van der Waals surface area (Å²) in [6.07, 6.45) is 3.32. The number of hydrogen-bond acceptors (Lipinski definition) is 7. The zero-order valence-corrected chi connectivity index (χ0v) is 20.8. The minimum Gasteiger partial charge on any atom is -0.492 e. The Kier molecular flexibility index (Phi) is 6.89. The highest BCUT2D eigenvalue weighted by atomic mass is 16.5. The van der Waals surface area contributed by atoms with Gasteiger partial charge in [-0.15, -0.1) is 5.10 Å². The predicted octanol–water partition coefficient (Wildman–Crippen LogP) is 3.23. The molecule has 2 saturated heterocycles. The number of nitrogens with one attached hydrogen (secondary N) is 1. The van der Waals surface area contributed by atoms with Crippen LogP contribution in [0.2, 0.25) is 0 Å². The molecule has 3 atom stereocenters. The SMILES string of the molecule is CC(C)c1cc(-c2nnnn2C(C)(C)C)ccc1OC[C@H]1CC[C@@H](C(=O)N2CCC[C@H]2C#N)N1. The Morgan fingerprint density at radius 3 is 2.79 bits per heavy atom. The number of benzene rings is 1. The van der Waals surface area contributed by atoms with E-state index in [0.29, 0.717) is 13.2 Å². The lowest BCUT2D eigenvalue weighted by molar-refractivity contribution is -0.133. The first-order valence-electron chi connectivity index (χ1n) is 12.2. The fraction of sp³-hybridized carbons (Fsp3) is 0.640. The van der Waals surface area contributed by atoms with Crippen LogP contribution in [0.1, 0.15) is 71.8 Å². The average Bonchev–Trinajstić information content (AvgIpc) is 3.56. The van der Waals surface area contributed by atoms with Gasteiger partial charge in [0.2, 0.25) is 5.91 Å². The van der Waals surface area contributed by atoms with Crippen molar-refractivity contribution in [3.63, 3.8) is 0 Å². The minimum atomic E-state index is -0.281. The molecule has 0 spiro atoms. The van der Waals surface area contributed by atoms with Crippen molar-refractivity contribution in [1.29, 1.82) is 5.26 Å². The molecule has 9 heteroatoms. The third-order valence-corrected chi connectivity index (χ3v) is 6.66. The molecule has 34 heavy (non-hydrogen) atoms. The van der Waals surface area contributed by atoms with E-state index in [9.17, 15) is 10.1 Å². The first-order chi connectivity index (χ1) is 16.2. The second-order valence-electron chi connectivity index (χ2n) is 10.6. The predicted molar refractivity (Wildman–Crippen MR) is 128 cm³/mol. The molecule has 0 aliphatic carbocycles. The number of carbonyl (C=O) groups is 1. The van der Waals surface area contributed by atoms with Crippen molar-refractivity contribution in [3.8, 4) is 23.2 Å². The fourth-order valence-electron chi connectivity index (χ4n) is 4.79. The van der Waals surface area contributed by atoms with E-state index in [0.717, 1.165) is 48.4 Å². The number of likely N-dealkylation sites (tertiary alicyclic amines) is 1. The van der Waals surface area contributed by atoms with Gasteiger partial charge in [-0.2, -0.15) is 5.26 Å². The summed E-state index contributed by atoms with van der Waals surface area (Å²) < 4.78 is 8.09. The van der Waals surface area contributed by atoms with Crippen LogP contribution in [0.25, 0.3) is 11.4 Å². The molecule has 0 unspecified atom stereocenters. The number of nitrogens with zero attached hydrogens (tertiary/aromatic N) is 6.